The van der Waals surface area contributed by atoms with E-state index in [1.54, 1.807) is 56.3 Å². The van der Waals surface area contributed by atoms with Gasteiger partial charge >= 0.3 is 0 Å². The van der Waals surface area contributed by atoms with Gasteiger partial charge in [0.25, 0.3) is 10.0 Å². The molecule has 10 heteroatoms. The molecule has 36 heavy (non-hydrogen) atoms. The van der Waals surface area contributed by atoms with Crippen LogP contribution in [0.2, 0.25) is 0 Å². The fraction of sp³-hybridized carbons (Fsp3) is 0.385. The summed E-state index contributed by atoms with van der Waals surface area (Å²) in [5, 5.41) is 4.41. The SMILES string of the molecule is COc1ccc(CN(Cc2ccc(OC)cc2)S(=O)(=O)c2cc(CN(C)C(C)=O)n(C(C)C)n2)cc1. The first-order valence-corrected chi connectivity index (χ1v) is 13.0. The van der Waals surface area contributed by atoms with Gasteiger partial charge in [0.05, 0.1) is 26.5 Å². The number of nitrogens with zero attached hydrogens (tertiary/aromatic N) is 4. The van der Waals surface area contributed by atoms with Gasteiger partial charge in [-0.25, -0.2) is 8.42 Å². The van der Waals surface area contributed by atoms with Crippen molar-refractivity contribution in [1.82, 2.24) is 19.0 Å². The highest BCUT2D eigenvalue weighted by Crippen LogP contribution is 2.25. The van der Waals surface area contributed by atoms with Crippen molar-refractivity contribution in [3.05, 3.63) is 71.4 Å². The van der Waals surface area contributed by atoms with Crippen molar-refractivity contribution < 1.29 is 22.7 Å². The van der Waals surface area contributed by atoms with Gasteiger partial charge in [-0.3, -0.25) is 9.48 Å². The van der Waals surface area contributed by atoms with E-state index >= 15 is 0 Å². The molecule has 0 unspecified atom stereocenters. The van der Waals surface area contributed by atoms with Gasteiger partial charge in [0.15, 0.2) is 5.03 Å². The number of ether oxygens (including phenoxy) is 2. The lowest BCUT2D eigenvalue weighted by molar-refractivity contribution is -0.128. The molecule has 9 nitrogen and oxygen atoms in total. The first-order chi connectivity index (χ1) is 17.0. The fourth-order valence-electron chi connectivity index (χ4n) is 3.68. The second-order valence-corrected chi connectivity index (χ2v) is 10.7. The van der Waals surface area contributed by atoms with Crippen LogP contribution in [0.1, 0.15) is 43.6 Å². The highest BCUT2D eigenvalue weighted by molar-refractivity contribution is 7.89. The number of carbonyl (C=O) groups excluding carboxylic acids is 1. The van der Waals surface area contributed by atoms with Crippen LogP contribution in [0.3, 0.4) is 0 Å². The summed E-state index contributed by atoms with van der Waals surface area (Å²) >= 11 is 0. The molecule has 1 heterocycles. The number of hydrogen-bond acceptors (Lipinski definition) is 6. The summed E-state index contributed by atoms with van der Waals surface area (Å²) in [7, 11) is 0.860. The van der Waals surface area contributed by atoms with Gasteiger partial charge in [-0.15, -0.1) is 0 Å². The monoisotopic (exact) mass is 514 g/mol. The van der Waals surface area contributed by atoms with Crippen LogP contribution < -0.4 is 9.47 Å². The molecule has 3 rings (SSSR count). The Hall–Kier alpha value is -3.37. The Morgan fingerprint density at radius 1 is 0.917 bits per heavy atom. The molecule has 3 aromatic rings. The lowest BCUT2D eigenvalue weighted by Crippen LogP contribution is -2.30. The van der Waals surface area contributed by atoms with Crippen molar-refractivity contribution in [1.29, 1.82) is 0 Å². The number of rotatable bonds is 11. The zero-order valence-corrected chi connectivity index (χ0v) is 22.4. The minimum absolute atomic E-state index is 0.0508. The molecule has 0 saturated heterocycles. The summed E-state index contributed by atoms with van der Waals surface area (Å²) < 4.78 is 41.4. The Balaban J connectivity index is 2.01. The molecule has 0 N–H and O–H groups in total. The van der Waals surface area contributed by atoms with Gasteiger partial charge in [0, 0.05) is 39.2 Å². The van der Waals surface area contributed by atoms with E-state index in [1.807, 2.05) is 38.1 Å². The van der Waals surface area contributed by atoms with E-state index in [-0.39, 0.29) is 36.6 Å². The average molecular weight is 515 g/mol. The van der Waals surface area contributed by atoms with Crippen LogP contribution in [0.4, 0.5) is 0 Å². The number of benzene rings is 2. The van der Waals surface area contributed by atoms with E-state index in [0.717, 1.165) is 11.1 Å². The molecule has 0 radical (unpaired) electrons. The molecule has 0 aliphatic heterocycles. The molecule has 1 aromatic heterocycles. The molecular formula is C26H34N4O5S. The van der Waals surface area contributed by atoms with Crippen LogP contribution in [0, 0.1) is 0 Å². The van der Waals surface area contributed by atoms with Gasteiger partial charge in [-0.1, -0.05) is 24.3 Å². The quantitative estimate of drug-likeness (QED) is 0.386. The molecule has 2 aromatic carbocycles. The highest BCUT2D eigenvalue weighted by Gasteiger charge is 2.29. The average Bonchev–Trinajstić information content (AvgIpc) is 3.29. The molecule has 0 spiro atoms. The second kappa shape index (κ2) is 11.6. The Morgan fingerprint density at radius 2 is 1.39 bits per heavy atom. The molecule has 0 fully saturated rings. The lowest BCUT2D eigenvalue weighted by atomic mass is 10.2. The normalized spacial score (nSPS) is 11.7. The van der Waals surface area contributed by atoms with Crippen molar-refractivity contribution in [3.63, 3.8) is 0 Å². The van der Waals surface area contributed by atoms with E-state index in [2.05, 4.69) is 5.10 Å². The summed E-state index contributed by atoms with van der Waals surface area (Å²) in [6.07, 6.45) is 0. The standard InChI is InChI=1S/C26H34N4O5S/c1-19(2)30-23(18-28(4)20(3)31)15-26(27-30)36(32,33)29(16-21-7-11-24(34-5)12-8-21)17-22-9-13-25(35-6)14-10-22/h7-15,19H,16-18H2,1-6H3. The number of sulfonamides is 1. The third-order valence-electron chi connectivity index (χ3n) is 5.86. The van der Waals surface area contributed by atoms with Crippen LogP contribution in [-0.2, 0) is 34.5 Å². The van der Waals surface area contributed by atoms with Crippen molar-refractivity contribution in [2.45, 2.75) is 51.5 Å². The zero-order chi connectivity index (χ0) is 26.5. The minimum atomic E-state index is -3.98. The van der Waals surface area contributed by atoms with Gasteiger partial charge < -0.3 is 14.4 Å². The van der Waals surface area contributed by atoms with Gasteiger partial charge in [-0.05, 0) is 49.2 Å². The van der Waals surface area contributed by atoms with E-state index < -0.39 is 10.0 Å². The molecule has 0 aliphatic rings. The third kappa shape index (κ3) is 6.44. The predicted molar refractivity (Wildman–Crippen MR) is 137 cm³/mol. The zero-order valence-electron chi connectivity index (χ0n) is 21.6. The Kier molecular flexibility index (Phi) is 8.75. The van der Waals surface area contributed by atoms with Crippen LogP contribution in [0.15, 0.2) is 59.6 Å². The van der Waals surface area contributed by atoms with Crippen LogP contribution >= 0.6 is 0 Å². The summed E-state index contributed by atoms with van der Waals surface area (Å²) in [5.74, 6) is 1.27. The maximum atomic E-state index is 13.9. The number of hydrogen-bond donors (Lipinski definition) is 0. The lowest BCUT2D eigenvalue weighted by Gasteiger charge is -2.22. The second-order valence-electron chi connectivity index (χ2n) is 8.86. The topological polar surface area (TPSA) is 94.0 Å². The first kappa shape index (κ1) is 27.2. The molecule has 0 saturated carbocycles. The molecule has 194 valence electrons. The summed E-state index contributed by atoms with van der Waals surface area (Å²) in [4.78, 5) is 13.3. The Morgan fingerprint density at radius 3 is 1.78 bits per heavy atom. The maximum Gasteiger partial charge on any atom is 0.263 e. The predicted octanol–water partition coefficient (Wildman–Crippen LogP) is 3.85. The Bertz CT molecular complexity index is 1220. The summed E-state index contributed by atoms with van der Waals surface area (Å²) in [6.45, 7) is 5.87. The third-order valence-corrected chi connectivity index (χ3v) is 7.52. The Labute approximate surface area is 213 Å². The largest absolute Gasteiger partial charge is 0.497 e. The van der Waals surface area contributed by atoms with Crippen LogP contribution in [0.25, 0.3) is 0 Å². The number of carbonyl (C=O) groups is 1. The van der Waals surface area contributed by atoms with Crippen molar-refractivity contribution in [3.8, 4) is 11.5 Å². The molecule has 0 aliphatic carbocycles. The van der Waals surface area contributed by atoms with E-state index in [9.17, 15) is 13.2 Å². The first-order valence-electron chi connectivity index (χ1n) is 11.6. The fourth-order valence-corrected chi connectivity index (χ4v) is 5.06. The van der Waals surface area contributed by atoms with Crippen molar-refractivity contribution in [2.75, 3.05) is 21.3 Å². The van der Waals surface area contributed by atoms with Crippen LogP contribution in [0.5, 0.6) is 11.5 Å². The van der Waals surface area contributed by atoms with Crippen molar-refractivity contribution >= 4 is 15.9 Å². The van der Waals surface area contributed by atoms with Crippen molar-refractivity contribution in [2.24, 2.45) is 0 Å². The number of aromatic nitrogens is 2. The van der Waals surface area contributed by atoms with Gasteiger partial charge in [-0.2, -0.15) is 9.40 Å². The maximum absolute atomic E-state index is 13.9. The van der Waals surface area contributed by atoms with E-state index in [1.165, 1.54) is 16.1 Å². The highest BCUT2D eigenvalue weighted by atomic mass is 32.2. The van der Waals surface area contributed by atoms with Crippen LogP contribution in [-0.4, -0.2) is 54.6 Å². The van der Waals surface area contributed by atoms with E-state index in [4.69, 9.17) is 9.47 Å². The smallest absolute Gasteiger partial charge is 0.263 e. The summed E-state index contributed by atoms with van der Waals surface area (Å²) in [5.41, 5.74) is 2.27. The van der Waals surface area contributed by atoms with Gasteiger partial charge in [0.2, 0.25) is 5.91 Å². The number of amides is 1. The minimum Gasteiger partial charge on any atom is -0.497 e. The molecule has 0 bridgehead atoms. The molecular weight excluding hydrogens is 480 g/mol. The van der Waals surface area contributed by atoms with E-state index in [0.29, 0.717) is 17.2 Å². The molecule has 1 amide bonds. The number of methoxy groups -OCH3 is 2. The summed E-state index contributed by atoms with van der Waals surface area (Å²) in [6, 6.07) is 16.1. The molecule has 0 atom stereocenters. The van der Waals surface area contributed by atoms with Gasteiger partial charge in [0.1, 0.15) is 11.5 Å².